The Bertz CT molecular complexity index is 392. The van der Waals surface area contributed by atoms with Crippen molar-refractivity contribution in [3.63, 3.8) is 0 Å². The van der Waals surface area contributed by atoms with Crippen LogP contribution >= 0.6 is 0 Å². The molecule has 0 aliphatic rings. The minimum atomic E-state index is -1.25. The maximum Gasteiger partial charge on any atom is 0.332 e. The van der Waals surface area contributed by atoms with Crippen LogP contribution in [0.15, 0.2) is 48.6 Å². The van der Waals surface area contributed by atoms with Crippen molar-refractivity contribution in [3.8, 4) is 0 Å². The molecular weight excluding hydrogens is 288 g/mol. The summed E-state index contributed by atoms with van der Waals surface area (Å²) < 4.78 is 0. The molecule has 0 aromatic heterocycles. The highest BCUT2D eigenvalue weighted by Gasteiger charge is 2.10. The average molecular weight is 320 g/mol. The van der Waals surface area contributed by atoms with Crippen molar-refractivity contribution in [1.82, 2.24) is 0 Å². The van der Waals surface area contributed by atoms with Crippen LogP contribution in [0.5, 0.6) is 0 Å². The van der Waals surface area contributed by atoms with Crippen molar-refractivity contribution < 1.29 is 15.0 Å². The van der Waals surface area contributed by atoms with Crippen LogP contribution < -0.4 is 0 Å². The van der Waals surface area contributed by atoms with Gasteiger partial charge in [0, 0.05) is 0 Å². The van der Waals surface area contributed by atoms with Gasteiger partial charge in [-0.25, -0.2) is 4.79 Å². The number of carboxylic acids is 1. The monoisotopic (exact) mass is 320 g/mol. The smallest absolute Gasteiger partial charge is 0.332 e. The topological polar surface area (TPSA) is 57.5 Å². The molecule has 0 aliphatic heterocycles. The molecule has 0 aliphatic carbocycles. The van der Waals surface area contributed by atoms with Crippen molar-refractivity contribution >= 4 is 5.97 Å². The summed E-state index contributed by atoms with van der Waals surface area (Å²) in [6, 6.07) is 0. The van der Waals surface area contributed by atoms with Crippen molar-refractivity contribution in [2.45, 2.75) is 70.8 Å². The summed E-state index contributed by atoms with van der Waals surface area (Å²) in [6.45, 7) is 2.22. The van der Waals surface area contributed by atoms with E-state index in [4.69, 9.17) is 10.2 Å². The van der Waals surface area contributed by atoms with Gasteiger partial charge in [0.2, 0.25) is 0 Å². The summed E-state index contributed by atoms with van der Waals surface area (Å²) in [7, 11) is 0. The van der Waals surface area contributed by atoms with E-state index < -0.39 is 12.1 Å². The van der Waals surface area contributed by atoms with Crippen LogP contribution in [0.25, 0.3) is 0 Å². The van der Waals surface area contributed by atoms with Gasteiger partial charge in [0.15, 0.2) is 6.10 Å². The van der Waals surface area contributed by atoms with Gasteiger partial charge in [-0.15, -0.1) is 0 Å². The Balaban J connectivity index is 3.50. The molecule has 0 bridgehead atoms. The second-order valence-corrected chi connectivity index (χ2v) is 5.54. The van der Waals surface area contributed by atoms with Crippen LogP contribution in [-0.4, -0.2) is 22.3 Å². The van der Waals surface area contributed by atoms with Gasteiger partial charge in [-0.05, 0) is 44.9 Å². The molecule has 0 unspecified atom stereocenters. The van der Waals surface area contributed by atoms with E-state index in [0.29, 0.717) is 6.42 Å². The first kappa shape index (κ1) is 21.4. The van der Waals surface area contributed by atoms with E-state index in [9.17, 15) is 4.79 Å². The Kier molecular flexibility index (Phi) is 15.6. The summed E-state index contributed by atoms with van der Waals surface area (Å²) in [4.78, 5) is 10.4. The SMILES string of the molecule is CCCCC/C=C\CC/C=C/C=C\C/C=C\CC[C@@H](O)C(=O)O. The van der Waals surface area contributed by atoms with Crippen molar-refractivity contribution in [2.24, 2.45) is 0 Å². The Hall–Kier alpha value is -1.61. The van der Waals surface area contributed by atoms with Crippen LogP contribution in [0, 0.1) is 0 Å². The lowest BCUT2D eigenvalue weighted by Gasteiger charge is -2.00. The lowest BCUT2D eigenvalue weighted by molar-refractivity contribution is -0.146. The molecule has 1 atom stereocenters. The predicted molar refractivity (Wildman–Crippen MR) is 97.4 cm³/mol. The Labute approximate surface area is 141 Å². The van der Waals surface area contributed by atoms with E-state index in [-0.39, 0.29) is 6.42 Å². The lowest BCUT2D eigenvalue weighted by atomic mass is 10.2. The van der Waals surface area contributed by atoms with Crippen molar-refractivity contribution in [1.29, 1.82) is 0 Å². The molecule has 0 aromatic carbocycles. The van der Waals surface area contributed by atoms with Crippen LogP contribution in [0.2, 0.25) is 0 Å². The van der Waals surface area contributed by atoms with Crippen molar-refractivity contribution in [3.05, 3.63) is 48.6 Å². The molecule has 130 valence electrons. The van der Waals surface area contributed by atoms with Crippen LogP contribution in [-0.2, 0) is 4.79 Å². The average Bonchev–Trinajstić information content (AvgIpc) is 2.54. The molecular formula is C20H32O3. The van der Waals surface area contributed by atoms with Crippen molar-refractivity contribution in [2.75, 3.05) is 0 Å². The minimum absolute atomic E-state index is 0.265. The van der Waals surface area contributed by atoms with E-state index in [2.05, 4.69) is 37.3 Å². The number of carboxylic acid groups (broad SMARTS) is 1. The van der Waals surface area contributed by atoms with Crippen LogP contribution in [0.3, 0.4) is 0 Å². The summed E-state index contributed by atoms with van der Waals surface area (Å²) >= 11 is 0. The number of aliphatic carboxylic acids is 1. The first-order chi connectivity index (χ1) is 11.2. The third-order valence-corrected chi connectivity index (χ3v) is 3.35. The number of carbonyl (C=O) groups is 1. The minimum Gasteiger partial charge on any atom is -0.479 e. The molecule has 23 heavy (non-hydrogen) atoms. The molecule has 0 fully saturated rings. The second kappa shape index (κ2) is 16.8. The van der Waals surface area contributed by atoms with Crippen LogP contribution in [0.1, 0.15) is 64.7 Å². The summed E-state index contributed by atoms with van der Waals surface area (Å²) in [5, 5.41) is 17.6. The largest absolute Gasteiger partial charge is 0.479 e. The predicted octanol–water partition coefficient (Wildman–Crippen LogP) is 5.19. The lowest BCUT2D eigenvalue weighted by Crippen LogP contribution is -2.18. The number of aliphatic hydroxyl groups is 1. The molecule has 0 amide bonds. The summed E-state index contributed by atoms with van der Waals surface area (Å²) in [5.74, 6) is -1.15. The fourth-order valence-electron chi connectivity index (χ4n) is 1.94. The molecule has 0 saturated carbocycles. The fourth-order valence-corrected chi connectivity index (χ4v) is 1.94. The maximum absolute atomic E-state index is 10.4. The first-order valence-corrected chi connectivity index (χ1v) is 8.71. The van der Waals surface area contributed by atoms with E-state index in [1.807, 2.05) is 18.2 Å². The number of hydrogen-bond donors (Lipinski definition) is 2. The molecule has 0 spiro atoms. The molecule has 0 aromatic rings. The van der Waals surface area contributed by atoms with Gasteiger partial charge < -0.3 is 10.2 Å². The van der Waals surface area contributed by atoms with Gasteiger partial charge in [-0.3, -0.25) is 0 Å². The fraction of sp³-hybridized carbons (Fsp3) is 0.550. The van der Waals surface area contributed by atoms with E-state index in [1.165, 1.54) is 25.7 Å². The van der Waals surface area contributed by atoms with Gasteiger partial charge in [0.05, 0.1) is 0 Å². The third kappa shape index (κ3) is 16.6. The Morgan fingerprint density at radius 3 is 2.26 bits per heavy atom. The van der Waals surface area contributed by atoms with E-state index in [1.54, 1.807) is 0 Å². The zero-order valence-electron chi connectivity index (χ0n) is 14.4. The van der Waals surface area contributed by atoms with Gasteiger partial charge in [-0.2, -0.15) is 0 Å². The number of allylic oxidation sites excluding steroid dienone is 8. The Morgan fingerprint density at radius 1 is 0.870 bits per heavy atom. The maximum atomic E-state index is 10.4. The number of rotatable bonds is 14. The first-order valence-electron chi connectivity index (χ1n) is 8.71. The highest BCUT2D eigenvalue weighted by Crippen LogP contribution is 2.02. The van der Waals surface area contributed by atoms with Gasteiger partial charge in [-0.1, -0.05) is 68.4 Å². The summed E-state index contributed by atoms with van der Waals surface area (Å²) in [6.07, 6.45) is 24.4. The normalized spacial score (nSPS) is 13.8. The standard InChI is InChI=1S/C20H32O3/c1-2-3-4-5-6-7-8-9-10-11-12-13-14-15-16-17-18-19(21)20(22)23/h6-7,10-13,15-16,19,21H,2-5,8-9,14,17-18H2,1H3,(H,22,23)/b7-6-,11-10+,13-12-,16-15-/t19-/m1/s1. The zero-order chi connectivity index (χ0) is 17.2. The third-order valence-electron chi connectivity index (χ3n) is 3.35. The van der Waals surface area contributed by atoms with Gasteiger partial charge in [0.1, 0.15) is 0 Å². The van der Waals surface area contributed by atoms with E-state index in [0.717, 1.165) is 19.3 Å². The Morgan fingerprint density at radius 2 is 1.52 bits per heavy atom. The van der Waals surface area contributed by atoms with Gasteiger partial charge >= 0.3 is 5.97 Å². The number of aliphatic hydroxyl groups excluding tert-OH is 1. The zero-order valence-corrected chi connectivity index (χ0v) is 14.4. The van der Waals surface area contributed by atoms with Gasteiger partial charge in [0.25, 0.3) is 0 Å². The molecule has 0 radical (unpaired) electrons. The van der Waals surface area contributed by atoms with E-state index >= 15 is 0 Å². The molecule has 3 nitrogen and oxygen atoms in total. The second-order valence-electron chi connectivity index (χ2n) is 5.54. The molecule has 0 rings (SSSR count). The van der Waals surface area contributed by atoms with Crippen LogP contribution in [0.4, 0.5) is 0 Å². The highest BCUT2D eigenvalue weighted by molar-refractivity contribution is 5.71. The summed E-state index contributed by atoms with van der Waals surface area (Å²) in [5.41, 5.74) is 0. The molecule has 2 N–H and O–H groups in total. The number of hydrogen-bond acceptors (Lipinski definition) is 2. The highest BCUT2D eigenvalue weighted by atomic mass is 16.4. The quantitative estimate of drug-likeness (QED) is 0.263. The molecule has 3 heteroatoms. The molecule has 0 heterocycles. The number of unbranched alkanes of at least 4 members (excludes halogenated alkanes) is 4. The molecule has 0 saturated heterocycles.